The fourth-order valence-corrected chi connectivity index (χ4v) is 4.11. The Hall–Kier alpha value is -1.64. The topological polar surface area (TPSA) is 85.8 Å². The fraction of sp³-hybridized carbons (Fsp3) is 0.650. The molecule has 0 saturated carbocycles. The SMILES string of the molecule is CCCN1CCC(NC(=NCc2ccc(CS(=O)(=O)NC)cc2)NCC)CC1. The Kier molecular flexibility index (Phi) is 9.21. The van der Waals surface area contributed by atoms with Crippen molar-refractivity contribution in [3.8, 4) is 0 Å². The van der Waals surface area contributed by atoms with E-state index in [1.54, 1.807) is 0 Å². The predicted octanol–water partition coefficient (Wildman–Crippen LogP) is 1.67. The van der Waals surface area contributed by atoms with Gasteiger partial charge in [0, 0.05) is 25.7 Å². The number of sulfonamides is 1. The van der Waals surface area contributed by atoms with Crippen molar-refractivity contribution in [2.45, 2.75) is 51.4 Å². The van der Waals surface area contributed by atoms with Crippen LogP contribution in [0.15, 0.2) is 29.3 Å². The lowest BCUT2D eigenvalue weighted by molar-refractivity contribution is 0.206. The number of nitrogens with zero attached hydrogens (tertiary/aromatic N) is 2. The number of hydrogen-bond donors (Lipinski definition) is 3. The highest BCUT2D eigenvalue weighted by molar-refractivity contribution is 7.88. The van der Waals surface area contributed by atoms with Gasteiger partial charge in [-0.3, -0.25) is 0 Å². The first kappa shape index (κ1) is 22.6. The van der Waals surface area contributed by atoms with Crippen LogP contribution >= 0.6 is 0 Å². The van der Waals surface area contributed by atoms with E-state index in [1.807, 2.05) is 24.3 Å². The van der Waals surface area contributed by atoms with Crippen LogP contribution in [0, 0.1) is 0 Å². The average molecular weight is 410 g/mol. The van der Waals surface area contributed by atoms with E-state index >= 15 is 0 Å². The molecule has 0 atom stereocenters. The number of hydrogen-bond acceptors (Lipinski definition) is 4. The van der Waals surface area contributed by atoms with E-state index in [9.17, 15) is 8.42 Å². The minimum absolute atomic E-state index is 0.00598. The Bertz CT molecular complexity index is 711. The zero-order valence-electron chi connectivity index (χ0n) is 17.4. The molecule has 0 spiro atoms. The van der Waals surface area contributed by atoms with Crippen LogP contribution in [-0.2, 0) is 22.3 Å². The van der Waals surface area contributed by atoms with Gasteiger partial charge in [0.2, 0.25) is 10.0 Å². The molecule has 1 aromatic carbocycles. The molecule has 0 unspecified atom stereocenters. The Morgan fingerprint density at radius 1 is 1.14 bits per heavy atom. The van der Waals surface area contributed by atoms with E-state index < -0.39 is 10.0 Å². The maximum atomic E-state index is 11.6. The van der Waals surface area contributed by atoms with Gasteiger partial charge in [-0.1, -0.05) is 31.2 Å². The summed E-state index contributed by atoms with van der Waals surface area (Å²) < 4.78 is 25.6. The maximum Gasteiger partial charge on any atom is 0.215 e. The zero-order valence-corrected chi connectivity index (χ0v) is 18.2. The van der Waals surface area contributed by atoms with Crippen LogP contribution in [0.5, 0.6) is 0 Å². The molecule has 7 nitrogen and oxygen atoms in total. The number of nitrogens with one attached hydrogen (secondary N) is 3. The van der Waals surface area contributed by atoms with Crippen molar-refractivity contribution in [3.05, 3.63) is 35.4 Å². The summed E-state index contributed by atoms with van der Waals surface area (Å²) in [7, 11) is -1.81. The molecule has 0 bridgehead atoms. The molecule has 1 aliphatic rings. The molecule has 158 valence electrons. The highest BCUT2D eigenvalue weighted by Crippen LogP contribution is 2.11. The molecule has 28 heavy (non-hydrogen) atoms. The molecule has 1 saturated heterocycles. The van der Waals surface area contributed by atoms with Crippen LogP contribution in [-0.4, -0.2) is 58.5 Å². The van der Waals surface area contributed by atoms with Crippen LogP contribution in [0.25, 0.3) is 0 Å². The molecular formula is C20H35N5O2S. The summed E-state index contributed by atoms with van der Waals surface area (Å²) in [6, 6.07) is 8.04. The van der Waals surface area contributed by atoms with Gasteiger partial charge in [0.15, 0.2) is 5.96 Å². The molecule has 8 heteroatoms. The average Bonchev–Trinajstić information content (AvgIpc) is 2.69. The van der Waals surface area contributed by atoms with Gasteiger partial charge < -0.3 is 15.5 Å². The standard InChI is InChI=1S/C20H35N5O2S/c1-4-12-25-13-10-19(11-14-25)24-20(22-5-2)23-15-17-6-8-18(9-7-17)16-28(26,27)21-3/h6-9,19,21H,4-5,10-16H2,1-3H3,(H2,22,23,24). The largest absolute Gasteiger partial charge is 0.357 e. The minimum Gasteiger partial charge on any atom is -0.357 e. The molecule has 3 N–H and O–H groups in total. The molecule has 1 aliphatic heterocycles. The van der Waals surface area contributed by atoms with E-state index in [4.69, 9.17) is 4.99 Å². The van der Waals surface area contributed by atoms with Crippen molar-refractivity contribution in [1.29, 1.82) is 0 Å². The summed E-state index contributed by atoms with van der Waals surface area (Å²) in [6.07, 6.45) is 3.49. The quantitative estimate of drug-likeness (QED) is 0.427. The van der Waals surface area contributed by atoms with E-state index in [0.29, 0.717) is 12.6 Å². The summed E-state index contributed by atoms with van der Waals surface area (Å²) in [5.41, 5.74) is 1.83. The third kappa shape index (κ3) is 7.77. The molecule has 0 amide bonds. The molecular weight excluding hydrogens is 374 g/mol. The van der Waals surface area contributed by atoms with Gasteiger partial charge >= 0.3 is 0 Å². The lowest BCUT2D eigenvalue weighted by Gasteiger charge is -2.32. The van der Waals surface area contributed by atoms with Gasteiger partial charge in [-0.15, -0.1) is 0 Å². The van der Waals surface area contributed by atoms with Crippen LogP contribution in [0.4, 0.5) is 0 Å². The van der Waals surface area contributed by atoms with E-state index in [-0.39, 0.29) is 5.75 Å². The molecule has 0 aromatic heterocycles. The van der Waals surface area contributed by atoms with Gasteiger partial charge in [0.05, 0.1) is 12.3 Å². The van der Waals surface area contributed by atoms with Crippen LogP contribution in [0.1, 0.15) is 44.2 Å². The highest BCUT2D eigenvalue weighted by Gasteiger charge is 2.19. The van der Waals surface area contributed by atoms with E-state index in [2.05, 4.69) is 34.1 Å². The number of benzene rings is 1. The van der Waals surface area contributed by atoms with Crippen LogP contribution < -0.4 is 15.4 Å². The van der Waals surface area contributed by atoms with Gasteiger partial charge in [0.25, 0.3) is 0 Å². The van der Waals surface area contributed by atoms with Crippen molar-refractivity contribution in [2.75, 3.05) is 33.2 Å². The fourth-order valence-electron chi connectivity index (χ4n) is 3.33. The van der Waals surface area contributed by atoms with Crippen LogP contribution in [0.3, 0.4) is 0 Å². The minimum atomic E-state index is -3.24. The summed E-state index contributed by atoms with van der Waals surface area (Å²) in [5.74, 6) is 0.840. The monoisotopic (exact) mass is 409 g/mol. The van der Waals surface area contributed by atoms with E-state index in [1.165, 1.54) is 20.0 Å². The normalized spacial score (nSPS) is 16.9. The smallest absolute Gasteiger partial charge is 0.215 e. The first-order valence-corrected chi connectivity index (χ1v) is 11.9. The van der Waals surface area contributed by atoms with Crippen LogP contribution in [0.2, 0.25) is 0 Å². The zero-order chi connectivity index (χ0) is 20.4. The lowest BCUT2D eigenvalue weighted by atomic mass is 10.1. The Morgan fingerprint density at radius 3 is 2.36 bits per heavy atom. The van der Waals surface area contributed by atoms with Crippen molar-refractivity contribution >= 4 is 16.0 Å². The number of aliphatic imine (C=N–C) groups is 1. The van der Waals surface area contributed by atoms with Crippen molar-refractivity contribution in [1.82, 2.24) is 20.3 Å². The van der Waals surface area contributed by atoms with E-state index in [0.717, 1.165) is 49.6 Å². The van der Waals surface area contributed by atoms with Gasteiger partial charge in [0.1, 0.15) is 0 Å². The number of rotatable bonds is 9. The summed E-state index contributed by atoms with van der Waals surface area (Å²) in [5, 5.41) is 6.89. The van der Waals surface area contributed by atoms with Crippen molar-refractivity contribution in [2.24, 2.45) is 4.99 Å². The second-order valence-electron chi connectivity index (χ2n) is 7.24. The molecule has 1 heterocycles. The third-order valence-electron chi connectivity index (χ3n) is 4.92. The number of likely N-dealkylation sites (tertiary alicyclic amines) is 1. The second-order valence-corrected chi connectivity index (χ2v) is 9.16. The lowest BCUT2D eigenvalue weighted by Crippen LogP contribution is -2.48. The van der Waals surface area contributed by atoms with Gasteiger partial charge in [-0.25, -0.2) is 18.1 Å². The first-order chi connectivity index (χ1) is 13.5. The summed E-state index contributed by atoms with van der Waals surface area (Å²) >= 11 is 0. The maximum absolute atomic E-state index is 11.6. The molecule has 0 radical (unpaired) electrons. The predicted molar refractivity (Wildman–Crippen MR) is 116 cm³/mol. The van der Waals surface area contributed by atoms with Gasteiger partial charge in [-0.2, -0.15) is 0 Å². The Morgan fingerprint density at radius 2 is 1.79 bits per heavy atom. The molecule has 0 aliphatic carbocycles. The highest BCUT2D eigenvalue weighted by atomic mass is 32.2. The Balaban J connectivity index is 1.90. The second kappa shape index (κ2) is 11.4. The molecule has 1 aromatic rings. The number of piperidine rings is 1. The van der Waals surface area contributed by atoms with Crippen molar-refractivity contribution < 1.29 is 8.42 Å². The molecule has 1 fully saturated rings. The molecule has 2 rings (SSSR count). The number of guanidine groups is 1. The first-order valence-electron chi connectivity index (χ1n) is 10.2. The third-order valence-corrected chi connectivity index (χ3v) is 6.26. The van der Waals surface area contributed by atoms with Crippen molar-refractivity contribution in [3.63, 3.8) is 0 Å². The summed E-state index contributed by atoms with van der Waals surface area (Å²) in [4.78, 5) is 7.23. The van der Waals surface area contributed by atoms with Gasteiger partial charge in [-0.05, 0) is 50.9 Å². The summed E-state index contributed by atoms with van der Waals surface area (Å²) in [6.45, 7) is 9.14. The Labute approximate surface area is 170 Å².